The molecule has 5 heteroatoms. The lowest BCUT2D eigenvalue weighted by molar-refractivity contribution is -0.133. The zero-order valence-corrected chi connectivity index (χ0v) is 15.5. The number of thiophene rings is 1. The number of fused-ring (bicyclic) bond motifs is 3. The van der Waals surface area contributed by atoms with Crippen LogP contribution in [0.2, 0.25) is 0 Å². The van der Waals surface area contributed by atoms with Gasteiger partial charge >= 0.3 is 0 Å². The van der Waals surface area contributed by atoms with Crippen LogP contribution < -0.4 is 5.32 Å². The number of nitrogens with one attached hydrogen (secondary N) is 1. The Balaban J connectivity index is 0.00000169. The number of nitrogens with zero attached hydrogens (tertiary/aromatic N) is 1. The van der Waals surface area contributed by atoms with Gasteiger partial charge in [0.2, 0.25) is 5.91 Å². The number of amides is 1. The molecule has 2 fully saturated rings. The molecular formula is C19H25ClN2OS. The van der Waals surface area contributed by atoms with Crippen LogP contribution in [0.25, 0.3) is 10.1 Å². The van der Waals surface area contributed by atoms with E-state index in [1.807, 2.05) is 11.3 Å². The van der Waals surface area contributed by atoms with E-state index in [1.54, 1.807) is 0 Å². The first-order valence-corrected chi connectivity index (χ1v) is 9.68. The van der Waals surface area contributed by atoms with Gasteiger partial charge in [0.25, 0.3) is 0 Å². The first kappa shape index (κ1) is 17.7. The number of halogens is 1. The minimum atomic E-state index is 0. The van der Waals surface area contributed by atoms with Crippen molar-refractivity contribution >= 4 is 39.7 Å². The Morgan fingerprint density at radius 3 is 2.96 bits per heavy atom. The molecule has 0 aliphatic carbocycles. The fraction of sp³-hybridized carbons (Fsp3) is 0.526. The molecule has 2 saturated heterocycles. The fourth-order valence-corrected chi connectivity index (χ4v) is 5.17. The Labute approximate surface area is 153 Å². The van der Waals surface area contributed by atoms with Crippen molar-refractivity contribution < 1.29 is 4.79 Å². The quantitative estimate of drug-likeness (QED) is 0.889. The van der Waals surface area contributed by atoms with E-state index < -0.39 is 0 Å². The molecule has 3 heterocycles. The molecule has 2 unspecified atom stereocenters. The maximum absolute atomic E-state index is 12.7. The summed E-state index contributed by atoms with van der Waals surface area (Å²) in [4.78, 5) is 14.9. The number of hydrogen-bond acceptors (Lipinski definition) is 3. The number of carbonyl (C=O) groups is 1. The minimum absolute atomic E-state index is 0. The molecule has 130 valence electrons. The van der Waals surface area contributed by atoms with Crippen molar-refractivity contribution in [2.45, 2.75) is 50.6 Å². The van der Waals surface area contributed by atoms with Crippen molar-refractivity contribution in [3.8, 4) is 0 Å². The zero-order chi connectivity index (χ0) is 15.6. The normalized spacial score (nSPS) is 23.1. The molecule has 2 aromatic rings. The van der Waals surface area contributed by atoms with Gasteiger partial charge in [-0.05, 0) is 61.0 Å². The third kappa shape index (κ3) is 3.46. The first-order valence-electron chi connectivity index (χ1n) is 8.80. The van der Waals surface area contributed by atoms with E-state index in [9.17, 15) is 4.79 Å². The second-order valence-corrected chi connectivity index (χ2v) is 7.70. The van der Waals surface area contributed by atoms with Crippen molar-refractivity contribution in [2.24, 2.45) is 0 Å². The van der Waals surface area contributed by atoms with Crippen molar-refractivity contribution in [1.29, 1.82) is 0 Å². The minimum Gasteiger partial charge on any atom is -0.335 e. The molecule has 1 aromatic carbocycles. The van der Waals surface area contributed by atoms with Crippen LogP contribution in [0.4, 0.5) is 0 Å². The van der Waals surface area contributed by atoms with Crippen molar-refractivity contribution in [3.63, 3.8) is 0 Å². The van der Waals surface area contributed by atoms with Gasteiger partial charge in [0.1, 0.15) is 0 Å². The number of carbonyl (C=O) groups excluding carboxylic acids is 1. The standard InChI is InChI=1S/C19H24N2OS.ClH/c22-19(21-15-8-9-16(21)12-20-11-10-15)7-3-4-14-13-23-18-6-2-1-5-17(14)18;/h1-2,5-6,13,15-16,20H,3-4,7-12H2;1H. The van der Waals surface area contributed by atoms with Gasteiger partial charge < -0.3 is 10.2 Å². The summed E-state index contributed by atoms with van der Waals surface area (Å²) in [7, 11) is 0. The summed E-state index contributed by atoms with van der Waals surface area (Å²) >= 11 is 1.81. The van der Waals surface area contributed by atoms with E-state index in [4.69, 9.17) is 0 Å². The summed E-state index contributed by atoms with van der Waals surface area (Å²) in [6, 6.07) is 9.50. The molecule has 4 rings (SSSR count). The molecule has 1 aromatic heterocycles. The van der Waals surface area contributed by atoms with E-state index in [2.05, 4.69) is 39.9 Å². The van der Waals surface area contributed by atoms with E-state index in [0.29, 0.717) is 24.4 Å². The van der Waals surface area contributed by atoms with Crippen LogP contribution in [-0.4, -0.2) is 36.0 Å². The van der Waals surface area contributed by atoms with Crippen LogP contribution in [0.1, 0.15) is 37.7 Å². The molecule has 2 atom stereocenters. The predicted octanol–water partition coefficient (Wildman–Crippen LogP) is 4.00. The second-order valence-electron chi connectivity index (χ2n) is 6.79. The molecular weight excluding hydrogens is 340 g/mol. The van der Waals surface area contributed by atoms with E-state index in [1.165, 1.54) is 28.5 Å². The molecule has 0 radical (unpaired) electrons. The lowest BCUT2D eigenvalue weighted by Gasteiger charge is -2.28. The summed E-state index contributed by atoms with van der Waals surface area (Å²) in [5, 5.41) is 7.09. The van der Waals surface area contributed by atoms with Crippen molar-refractivity contribution in [3.05, 3.63) is 35.2 Å². The smallest absolute Gasteiger partial charge is 0.223 e. The van der Waals surface area contributed by atoms with Crippen LogP contribution in [-0.2, 0) is 11.2 Å². The van der Waals surface area contributed by atoms with Crippen molar-refractivity contribution in [1.82, 2.24) is 10.2 Å². The summed E-state index contributed by atoms with van der Waals surface area (Å²) < 4.78 is 1.35. The van der Waals surface area contributed by atoms with Crippen LogP contribution in [0.15, 0.2) is 29.6 Å². The molecule has 0 spiro atoms. The van der Waals surface area contributed by atoms with E-state index in [0.717, 1.165) is 32.4 Å². The number of aryl methyl sites for hydroxylation is 1. The van der Waals surface area contributed by atoms with Gasteiger partial charge in [0, 0.05) is 29.7 Å². The van der Waals surface area contributed by atoms with Gasteiger partial charge in [-0.15, -0.1) is 23.7 Å². The van der Waals surface area contributed by atoms with E-state index in [-0.39, 0.29) is 12.4 Å². The highest BCUT2D eigenvalue weighted by Crippen LogP contribution is 2.30. The average Bonchev–Trinajstić information content (AvgIpc) is 3.07. The Hall–Kier alpha value is -1.10. The largest absolute Gasteiger partial charge is 0.335 e. The molecule has 3 nitrogen and oxygen atoms in total. The second kappa shape index (κ2) is 7.85. The van der Waals surface area contributed by atoms with Gasteiger partial charge in [-0.3, -0.25) is 4.79 Å². The summed E-state index contributed by atoms with van der Waals surface area (Å²) in [6.07, 6.45) is 6.17. The van der Waals surface area contributed by atoms with Gasteiger partial charge in [-0.25, -0.2) is 0 Å². The Kier molecular flexibility index (Phi) is 5.80. The SMILES string of the molecule is Cl.O=C(CCCc1csc2ccccc12)N1C2CCNCC1CC2. The molecule has 2 aliphatic rings. The topological polar surface area (TPSA) is 32.3 Å². The lowest BCUT2D eigenvalue weighted by Crippen LogP contribution is -2.42. The summed E-state index contributed by atoms with van der Waals surface area (Å²) in [6.45, 7) is 2.04. The molecule has 0 saturated carbocycles. The van der Waals surface area contributed by atoms with E-state index >= 15 is 0 Å². The molecule has 1 amide bonds. The number of rotatable bonds is 4. The maximum Gasteiger partial charge on any atom is 0.223 e. The molecule has 2 aliphatic heterocycles. The summed E-state index contributed by atoms with van der Waals surface area (Å²) in [5.74, 6) is 0.376. The van der Waals surface area contributed by atoms with Crippen LogP contribution in [0, 0.1) is 0 Å². The predicted molar refractivity (Wildman–Crippen MR) is 103 cm³/mol. The Morgan fingerprint density at radius 1 is 1.21 bits per heavy atom. The average molecular weight is 365 g/mol. The highest BCUT2D eigenvalue weighted by molar-refractivity contribution is 7.17. The van der Waals surface area contributed by atoms with Crippen molar-refractivity contribution in [2.75, 3.05) is 13.1 Å². The third-order valence-electron chi connectivity index (χ3n) is 5.34. The molecule has 24 heavy (non-hydrogen) atoms. The monoisotopic (exact) mass is 364 g/mol. The van der Waals surface area contributed by atoms with Crippen LogP contribution in [0.5, 0.6) is 0 Å². The molecule has 2 bridgehead atoms. The first-order chi connectivity index (χ1) is 11.3. The highest BCUT2D eigenvalue weighted by atomic mass is 35.5. The Morgan fingerprint density at radius 2 is 2.04 bits per heavy atom. The highest BCUT2D eigenvalue weighted by Gasteiger charge is 2.37. The maximum atomic E-state index is 12.7. The van der Waals surface area contributed by atoms with Gasteiger partial charge in [-0.1, -0.05) is 18.2 Å². The molecule has 1 N–H and O–H groups in total. The van der Waals surface area contributed by atoms with Gasteiger partial charge in [-0.2, -0.15) is 0 Å². The van der Waals surface area contributed by atoms with Crippen LogP contribution >= 0.6 is 23.7 Å². The Bertz CT molecular complexity index is 687. The van der Waals surface area contributed by atoms with Gasteiger partial charge in [0.15, 0.2) is 0 Å². The third-order valence-corrected chi connectivity index (χ3v) is 6.35. The number of hydrogen-bond donors (Lipinski definition) is 1. The van der Waals surface area contributed by atoms with Crippen LogP contribution in [0.3, 0.4) is 0 Å². The fourth-order valence-electron chi connectivity index (χ4n) is 4.18. The number of benzene rings is 1. The summed E-state index contributed by atoms with van der Waals surface area (Å²) in [5.41, 5.74) is 1.40. The lowest BCUT2D eigenvalue weighted by atomic mass is 10.1. The zero-order valence-electron chi connectivity index (χ0n) is 13.9. The van der Waals surface area contributed by atoms with Gasteiger partial charge in [0.05, 0.1) is 0 Å².